The zero-order valence-corrected chi connectivity index (χ0v) is 26.2. The van der Waals surface area contributed by atoms with Crippen LogP contribution in [0.15, 0.2) is 23.8 Å². The smallest absolute Gasteiger partial charge is 0.342 e. The van der Waals surface area contributed by atoms with Gasteiger partial charge < -0.3 is 33.9 Å². The van der Waals surface area contributed by atoms with E-state index < -0.39 is 82.5 Å². The van der Waals surface area contributed by atoms with Crippen molar-refractivity contribution in [2.75, 3.05) is 0 Å². The molecule has 2 aliphatic heterocycles. The van der Waals surface area contributed by atoms with Crippen LogP contribution in [0.5, 0.6) is 0 Å². The molecule has 0 aromatic heterocycles. The van der Waals surface area contributed by atoms with E-state index in [2.05, 4.69) is 6.92 Å². The Hall–Kier alpha value is -2.76. The first-order valence-electron chi connectivity index (χ1n) is 15.3. The number of esters is 4. The van der Waals surface area contributed by atoms with Crippen molar-refractivity contribution in [2.45, 2.75) is 141 Å². The molecule has 2 fully saturated rings. The van der Waals surface area contributed by atoms with E-state index in [1.54, 1.807) is 26.0 Å². The summed E-state index contributed by atoms with van der Waals surface area (Å²) in [5, 5.41) is 22.9. The van der Waals surface area contributed by atoms with Gasteiger partial charge >= 0.3 is 23.9 Å². The molecule has 0 amide bonds. The minimum atomic E-state index is -1.96. The number of rotatable bonds is 9. The van der Waals surface area contributed by atoms with Gasteiger partial charge in [-0.15, -0.1) is 0 Å². The van der Waals surface area contributed by atoms with E-state index in [1.807, 2.05) is 0 Å². The summed E-state index contributed by atoms with van der Waals surface area (Å²) in [6.45, 7) is 10.9. The second-order valence-electron chi connectivity index (χ2n) is 13.0. The topological polar surface area (TPSA) is 158 Å². The number of hydrogen-bond donors (Lipinski definition) is 2. The fourth-order valence-corrected chi connectivity index (χ4v) is 7.33. The molecule has 11 nitrogen and oxygen atoms in total. The highest BCUT2D eigenvalue weighted by Crippen LogP contribution is 2.65. The molecule has 11 heteroatoms. The van der Waals surface area contributed by atoms with Crippen LogP contribution in [0, 0.1) is 11.3 Å². The normalized spacial score (nSPS) is 42.7. The van der Waals surface area contributed by atoms with Crippen LogP contribution in [0.25, 0.3) is 0 Å². The minimum absolute atomic E-state index is 0.00835. The molecule has 2 heterocycles. The van der Waals surface area contributed by atoms with Crippen molar-refractivity contribution in [3.8, 4) is 0 Å². The van der Waals surface area contributed by atoms with Crippen molar-refractivity contribution >= 4 is 23.9 Å². The molecule has 0 unspecified atom stereocenters. The van der Waals surface area contributed by atoms with Crippen LogP contribution in [-0.4, -0.2) is 81.4 Å². The van der Waals surface area contributed by atoms with Crippen molar-refractivity contribution < 1.29 is 53.1 Å². The fourth-order valence-electron chi connectivity index (χ4n) is 7.33. The molecule has 240 valence electrons. The SMILES string of the molecule is CCCCCCCC(=O)O[C@@H]1C[C@H](OC(C)=O)[C@@]2(C)C=C[C@H](O)[C@](C)(O)[C@@H]2[C@H](OC(C)=O)[C@]23O[C@@]2(C)C(=O)O[C@H]3/C=C\1C. The number of carbonyl (C=O) groups excluding carboxylic acids is 4. The summed E-state index contributed by atoms with van der Waals surface area (Å²) in [4.78, 5) is 51.3. The zero-order valence-electron chi connectivity index (χ0n) is 26.2. The van der Waals surface area contributed by atoms with Crippen LogP contribution < -0.4 is 0 Å². The molecule has 0 aromatic carbocycles. The van der Waals surface area contributed by atoms with Gasteiger partial charge in [0.1, 0.15) is 24.4 Å². The summed E-state index contributed by atoms with van der Waals surface area (Å²) in [6, 6.07) is 0. The Labute approximate surface area is 252 Å². The predicted octanol–water partition coefficient (Wildman–Crippen LogP) is 3.23. The number of aliphatic hydroxyl groups is 2. The monoisotopic (exact) mass is 606 g/mol. The summed E-state index contributed by atoms with van der Waals surface area (Å²) in [5.41, 5.74) is -5.84. The molecule has 2 aliphatic carbocycles. The lowest BCUT2D eigenvalue weighted by Crippen LogP contribution is -2.67. The van der Waals surface area contributed by atoms with E-state index in [0.29, 0.717) is 12.0 Å². The molecule has 0 saturated carbocycles. The van der Waals surface area contributed by atoms with Crippen molar-refractivity contribution in [3.63, 3.8) is 0 Å². The quantitative estimate of drug-likeness (QED) is 0.130. The summed E-state index contributed by atoms with van der Waals surface area (Å²) in [5.74, 6) is -3.59. The van der Waals surface area contributed by atoms with Gasteiger partial charge in [-0.1, -0.05) is 51.7 Å². The van der Waals surface area contributed by atoms with Crippen LogP contribution in [0.2, 0.25) is 0 Å². The Morgan fingerprint density at radius 3 is 2.28 bits per heavy atom. The maximum atomic E-state index is 13.2. The van der Waals surface area contributed by atoms with E-state index in [0.717, 1.165) is 25.7 Å². The number of hydrogen-bond acceptors (Lipinski definition) is 11. The maximum absolute atomic E-state index is 13.2. The summed E-state index contributed by atoms with van der Waals surface area (Å²) < 4.78 is 29.7. The lowest BCUT2D eigenvalue weighted by atomic mass is 9.55. The predicted molar refractivity (Wildman–Crippen MR) is 152 cm³/mol. The first-order valence-corrected chi connectivity index (χ1v) is 15.3. The van der Waals surface area contributed by atoms with Gasteiger partial charge in [-0.05, 0) is 38.8 Å². The minimum Gasteiger partial charge on any atom is -0.461 e. The van der Waals surface area contributed by atoms with E-state index in [9.17, 15) is 29.4 Å². The Morgan fingerprint density at radius 2 is 1.67 bits per heavy atom. The number of unbranched alkanes of at least 4 members (excludes halogenated alkanes) is 4. The standard InChI is InChI=1S/C32H46O11/c1-8-9-10-11-12-13-25(36)41-21-17-23(39-19(3)33)29(5)15-14-22(35)30(6,38)26(29)27(40-20(4)34)32-24(16-18(21)2)42-28(37)31(32,7)43-32/h14-16,21-24,26-27,35,38H,8-13,17H2,1-7H3/b18-16-/t21-,22+,23+,24+,26-,27+,29-,30+,31+,32+/m1/s1. The summed E-state index contributed by atoms with van der Waals surface area (Å²) >= 11 is 0. The molecular formula is C32H46O11. The molecule has 0 radical (unpaired) electrons. The molecule has 0 bridgehead atoms. The van der Waals surface area contributed by atoms with Crippen molar-refractivity contribution in [1.29, 1.82) is 0 Å². The summed E-state index contributed by atoms with van der Waals surface area (Å²) in [7, 11) is 0. The Morgan fingerprint density at radius 1 is 1.02 bits per heavy atom. The van der Waals surface area contributed by atoms with Crippen LogP contribution in [0.3, 0.4) is 0 Å². The first-order chi connectivity index (χ1) is 20.0. The molecule has 10 atom stereocenters. The largest absolute Gasteiger partial charge is 0.461 e. The van der Waals surface area contributed by atoms with E-state index >= 15 is 0 Å². The van der Waals surface area contributed by atoms with Gasteiger partial charge in [-0.3, -0.25) is 14.4 Å². The van der Waals surface area contributed by atoms with Gasteiger partial charge in [0.05, 0.1) is 5.60 Å². The lowest BCUT2D eigenvalue weighted by Gasteiger charge is -2.54. The molecule has 2 N–H and O–H groups in total. The molecule has 43 heavy (non-hydrogen) atoms. The van der Waals surface area contributed by atoms with E-state index in [1.165, 1.54) is 33.8 Å². The number of fused-ring (bicyclic) bond motifs is 1. The second kappa shape index (κ2) is 12.0. The third-order valence-electron chi connectivity index (χ3n) is 9.79. The van der Waals surface area contributed by atoms with E-state index in [4.69, 9.17) is 23.7 Å². The molecule has 2 saturated heterocycles. The number of ether oxygens (including phenoxy) is 5. The molecule has 0 aromatic rings. The summed E-state index contributed by atoms with van der Waals surface area (Å²) in [6.07, 6.45) is 3.91. The van der Waals surface area contributed by atoms with Gasteiger partial charge in [0.2, 0.25) is 0 Å². The number of epoxide rings is 1. The molecule has 4 rings (SSSR count). The lowest BCUT2D eigenvalue weighted by molar-refractivity contribution is -0.215. The van der Waals surface area contributed by atoms with E-state index in [-0.39, 0.29) is 12.8 Å². The zero-order chi connectivity index (χ0) is 32.0. The average molecular weight is 607 g/mol. The highest BCUT2D eigenvalue weighted by Gasteiger charge is 2.87. The second-order valence-corrected chi connectivity index (χ2v) is 13.0. The van der Waals surface area contributed by atoms with Gasteiger partial charge in [0.25, 0.3) is 0 Å². The van der Waals surface area contributed by atoms with Crippen LogP contribution in [0.1, 0.15) is 93.4 Å². The molecular weight excluding hydrogens is 560 g/mol. The highest BCUT2D eigenvalue weighted by molar-refractivity contribution is 5.89. The Balaban J connectivity index is 1.85. The van der Waals surface area contributed by atoms with Gasteiger partial charge in [0.15, 0.2) is 17.3 Å². The van der Waals surface area contributed by atoms with Crippen LogP contribution in [-0.2, 0) is 42.9 Å². The third-order valence-corrected chi connectivity index (χ3v) is 9.79. The molecule has 4 aliphatic rings. The molecule has 1 spiro atoms. The van der Waals surface area contributed by atoms with Gasteiger partial charge in [0, 0.05) is 38.0 Å². The van der Waals surface area contributed by atoms with Gasteiger partial charge in [-0.2, -0.15) is 0 Å². The van der Waals surface area contributed by atoms with Gasteiger partial charge in [-0.25, -0.2) is 4.79 Å². The van der Waals surface area contributed by atoms with Crippen molar-refractivity contribution in [1.82, 2.24) is 0 Å². The Kier molecular flexibility index (Phi) is 9.22. The van der Waals surface area contributed by atoms with Crippen LogP contribution in [0.4, 0.5) is 0 Å². The highest BCUT2D eigenvalue weighted by atomic mass is 16.7. The third kappa shape index (κ3) is 5.76. The average Bonchev–Trinajstić information content (AvgIpc) is 3.49. The maximum Gasteiger partial charge on any atom is 0.342 e. The first kappa shape index (κ1) is 33.1. The van der Waals surface area contributed by atoms with Crippen molar-refractivity contribution in [3.05, 3.63) is 23.8 Å². The number of carbonyl (C=O) groups is 4. The van der Waals surface area contributed by atoms with Crippen LogP contribution >= 0.6 is 0 Å². The van der Waals surface area contributed by atoms with Crippen molar-refractivity contribution in [2.24, 2.45) is 11.3 Å². The number of aliphatic hydroxyl groups excluding tert-OH is 1. The fraction of sp³-hybridized carbons (Fsp3) is 0.750. The Bertz CT molecular complexity index is 1190.